The Morgan fingerprint density at radius 2 is 1.71 bits per heavy atom. The molecule has 1 aliphatic rings. The molecular weight excluding hydrogens is 306 g/mol. The summed E-state index contributed by atoms with van der Waals surface area (Å²) in [5, 5.41) is 0. The van der Waals surface area contributed by atoms with Crippen LogP contribution in [-0.4, -0.2) is 61.3 Å². The van der Waals surface area contributed by atoms with Crippen molar-refractivity contribution in [3.63, 3.8) is 0 Å². The van der Waals surface area contributed by atoms with E-state index in [1.165, 1.54) is 0 Å². The van der Waals surface area contributed by atoms with Gasteiger partial charge >= 0.3 is 0 Å². The summed E-state index contributed by atoms with van der Waals surface area (Å²) in [5.74, 6) is 1.25. The van der Waals surface area contributed by atoms with Crippen LogP contribution in [0.25, 0.3) is 5.78 Å². The normalized spacial score (nSPS) is 15.0. The molecule has 0 N–H and O–H groups in total. The zero-order valence-electron chi connectivity index (χ0n) is 13.3. The van der Waals surface area contributed by atoms with Gasteiger partial charge in [0.1, 0.15) is 5.69 Å². The SMILES string of the molecule is Cc1nc2ncccn2c1C(=O)N1CCN(c2ncccn2)CC1. The number of carbonyl (C=O) groups excluding carboxylic acids is 1. The van der Waals surface area contributed by atoms with E-state index in [0.29, 0.717) is 49.3 Å². The van der Waals surface area contributed by atoms with Crippen LogP contribution >= 0.6 is 0 Å². The molecule has 0 aliphatic carbocycles. The standard InChI is InChI=1S/C16H17N7O/c1-12-13(23-7-3-6-19-16(23)20-12)14(24)21-8-10-22(11-9-21)15-17-4-2-5-18-15/h2-7H,8-11H2,1H3. The van der Waals surface area contributed by atoms with Gasteiger partial charge in [-0.1, -0.05) is 0 Å². The fourth-order valence-electron chi connectivity index (χ4n) is 2.97. The Morgan fingerprint density at radius 1 is 1.00 bits per heavy atom. The molecule has 1 saturated heterocycles. The van der Waals surface area contributed by atoms with E-state index in [1.54, 1.807) is 35.1 Å². The van der Waals surface area contributed by atoms with Gasteiger partial charge in [-0.25, -0.2) is 19.9 Å². The van der Waals surface area contributed by atoms with E-state index in [0.717, 1.165) is 0 Å². The highest BCUT2D eigenvalue weighted by Gasteiger charge is 2.27. The van der Waals surface area contributed by atoms with Crippen LogP contribution in [0.3, 0.4) is 0 Å². The molecule has 1 amide bonds. The first kappa shape index (κ1) is 14.6. The van der Waals surface area contributed by atoms with Gasteiger partial charge in [-0.2, -0.15) is 0 Å². The summed E-state index contributed by atoms with van der Waals surface area (Å²) in [4.78, 5) is 34.0. The van der Waals surface area contributed by atoms with Crippen LogP contribution < -0.4 is 4.90 Å². The van der Waals surface area contributed by atoms with Gasteiger partial charge in [-0.15, -0.1) is 0 Å². The molecule has 4 rings (SSSR count). The van der Waals surface area contributed by atoms with Crippen LogP contribution in [0.5, 0.6) is 0 Å². The van der Waals surface area contributed by atoms with Crippen LogP contribution in [0.4, 0.5) is 5.95 Å². The zero-order valence-corrected chi connectivity index (χ0v) is 13.3. The number of aryl methyl sites for hydroxylation is 1. The highest BCUT2D eigenvalue weighted by atomic mass is 16.2. The van der Waals surface area contributed by atoms with E-state index >= 15 is 0 Å². The second kappa shape index (κ2) is 5.88. The van der Waals surface area contributed by atoms with Gasteiger partial charge in [0.15, 0.2) is 0 Å². The Bertz CT molecular complexity index is 869. The number of fused-ring (bicyclic) bond motifs is 1. The van der Waals surface area contributed by atoms with Crippen molar-refractivity contribution in [2.24, 2.45) is 0 Å². The smallest absolute Gasteiger partial charge is 0.272 e. The molecule has 0 spiro atoms. The van der Waals surface area contributed by atoms with E-state index in [-0.39, 0.29) is 5.91 Å². The Kier molecular flexibility index (Phi) is 3.56. The molecule has 1 fully saturated rings. The average Bonchev–Trinajstić information content (AvgIpc) is 2.98. The third-order valence-corrected chi connectivity index (χ3v) is 4.18. The number of hydrogen-bond donors (Lipinski definition) is 0. The number of anilines is 1. The summed E-state index contributed by atoms with van der Waals surface area (Å²) < 4.78 is 1.75. The number of nitrogens with zero attached hydrogens (tertiary/aromatic N) is 7. The summed E-state index contributed by atoms with van der Waals surface area (Å²) >= 11 is 0. The first-order valence-corrected chi connectivity index (χ1v) is 7.85. The second-order valence-corrected chi connectivity index (χ2v) is 5.66. The average molecular weight is 323 g/mol. The number of imidazole rings is 1. The second-order valence-electron chi connectivity index (χ2n) is 5.66. The van der Waals surface area contributed by atoms with Crippen molar-refractivity contribution >= 4 is 17.6 Å². The lowest BCUT2D eigenvalue weighted by Gasteiger charge is -2.34. The van der Waals surface area contributed by atoms with Crippen molar-refractivity contribution in [1.29, 1.82) is 0 Å². The van der Waals surface area contributed by atoms with Crippen LogP contribution in [0.2, 0.25) is 0 Å². The fraction of sp³-hybridized carbons (Fsp3) is 0.312. The predicted octanol–water partition coefficient (Wildman–Crippen LogP) is 0.790. The molecule has 3 aromatic rings. The highest BCUT2D eigenvalue weighted by molar-refractivity contribution is 5.94. The molecule has 0 atom stereocenters. The third-order valence-electron chi connectivity index (χ3n) is 4.18. The Balaban J connectivity index is 1.53. The molecule has 0 saturated carbocycles. The van der Waals surface area contributed by atoms with Crippen molar-refractivity contribution in [1.82, 2.24) is 29.2 Å². The summed E-state index contributed by atoms with van der Waals surface area (Å²) in [6.07, 6.45) is 6.96. The minimum Gasteiger partial charge on any atom is -0.337 e. The lowest BCUT2D eigenvalue weighted by molar-refractivity contribution is 0.0738. The minimum atomic E-state index is -0.0124. The molecule has 4 heterocycles. The number of amides is 1. The number of aromatic nitrogens is 5. The van der Waals surface area contributed by atoms with E-state index in [1.807, 2.05) is 18.0 Å². The first-order valence-electron chi connectivity index (χ1n) is 7.85. The number of rotatable bonds is 2. The van der Waals surface area contributed by atoms with Crippen molar-refractivity contribution in [2.45, 2.75) is 6.92 Å². The Labute approximate surface area is 138 Å². The number of carbonyl (C=O) groups is 1. The highest BCUT2D eigenvalue weighted by Crippen LogP contribution is 2.16. The third kappa shape index (κ3) is 2.45. The van der Waals surface area contributed by atoms with Crippen LogP contribution in [0.15, 0.2) is 36.9 Å². The predicted molar refractivity (Wildman–Crippen MR) is 87.9 cm³/mol. The molecule has 0 unspecified atom stereocenters. The zero-order chi connectivity index (χ0) is 16.5. The van der Waals surface area contributed by atoms with E-state index in [9.17, 15) is 4.79 Å². The molecule has 1 aliphatic heterocycles. The minimum absolute atomic E-state index is 0.0124. The monoisotopic (exact) mass is 323 g/mol. The topological polar surface area (TPSA) is 79.5 Å². The van der Waals surface area contributed by atoms with Gasteiger partial charge in [0, 0.05) is 51.0 Å². The molecule has 8 nitrogen and oxygen atoms in total. The summed E-state index contributed by atoms with van der Waals surface area (Å²) in [7, 11) is 0. The van der Waals surface area contributed by atoms with Crippen molar-refractivity contribution < 1.29 is 4.79 Å². The molecule has 0 aromatic carbocycles. The van der Waals surface area contributed by atoms with E-state index < -0.39 is 0 Å². The van der Waals surface area contributed by atoms with Crippen molar-refractivity contribution in [3.05, 3.63) is 48.3 Å². The van der Waals surface area contributed by atoms with Crippen molar-refractivity contribution in [2.75, 3.05) is 31.1 Å². The first-order chi connectivity index (χ1) is 11.7. The largest absolute Gasteiger partial charge is 0.337 e. The summed E-state index contributed by atoms with van der Waals surface area (Å²) in [6.45, 7) is 4.53. The molecule has 8 heteroatoms. The van der Waals surface area contributed by atoms with Gasteiger partial charge < -0.3 is 9.80 Å². The van der Waals surface area contributed by atoms with Gasteiger partial charge in [0.05, 0.1) is 5.69 Å². The van der Waals surface area contributed by atoms with Crippen LogP contribution in [0, 0.1) is 6.92 Å². The maximum Gasteiger partial charge on any atom is 0.272 e. The van der Waals surface area contributed by atoms with Gasteiger partial charge in [0.25, 0.3) is 5.91 Å². The number of piperazine rings is 1. The Hall–Kier alpha value is -3.03. The van der Waals surface area contributed by atoms with E-state index in [4.69, 9.17) is 0 Å². The van der Waals surface area contributed by atoms with Gasteiger partial charge in [-0.3, -0.25) is 9.20 Å². The van der Waals surface area contributed by atoms with Gasteiger partial charge in [0.2, 0.25) is 11.7 Å². The molecule has 24 heavy (non-hydrogen) atoms. The van der Waals surface area contributed by atoms with Crippen molar-refractivity contribution in [3.8, 4) is 0 Å². The lowest BCUT2D eigenvalue weighted by Crippen LogP contribution is -2.49. The molecule has 0 radical (unpaired) electrons. The number of hydrogen-bond acceptors (Lipinski definition) is 6. The van der Waals surface area contributed by atoms with Crippen LogP contribution in [-0.2, 0) is 0 Å². The lowest BCUT2D eigenvalue weighted by atomic mass is 10.2. The van der Waals surface area contributed by atoms with Crippen LogP contribution in [0.1, 0.15) is 16.2 Å². The molecular formula is C16H17N7O. The summed E-state index contributed by atoms with van der Waals surface area (Å²) in [6, 6.07) is 3.60. The van der Waals surface area contributed by atoms with Gasteiger partial charge in [-0.05, 0) is 19.1 Å². The molecule has 122 valence electrons. The summed E-state index contributed by atoms with van der Waals surface area (Å²) in [5.41, 5.74) is 1.29. The fourth-order valence-corrected chi connectivity index (χ4v) is 2.97. The quantitative estimate of drug-likeness (QED) is 0.694. The maximum atomic E-state index is 12.9. The maximum absolute atomic E-state index is 12.9. The molecule has 0 bridgehead atoms. The molecule has 3 aromatic heterocycles. The van der Waals surface area contributed by atoms with E-state index in [2.05, 4.69) is 24.8 Å². The Morgan fingerprint density at radius 3 is 2.46 bits per heavy atom.